The number of hydrogen-bond donors (Lipinski definition) is 1. The minimum Gasteiger partial charge on any atom is -0.338 e. The fourth-order valence-electron chi connectivity index (χ4n) is 3.65. The van der Waals surface area contributed by atoms with Gasteiger partial charge in [-0.1, -0.05) is 63.2 Å². The Morgan fingerprint density at radius 2 is 1.68 bits per heavy atom. The second kappa shape index (κ2) is 7.01. The van der Waals surface area contributed by atoms with E-state index in [2.05, 4.69) is 57.2 Å². The van der Waals surface area contributed by atoms with Gasteiger partial charge in [-0.2, -0.15) is 0 Å². The van der Waals surface area contributed by atoms with Gasteiger partial charge in [-0.05, 0) is 41.1 Å². The molecule has 1 heterocycles. The smallest absolute Gasteiger partial charge is 0.253 e. The maximum atomic E-state index is 12.9. The fraction of sp³-hybridized carbons (Fsp3) is 0.409. The molecular formula is C22H28N2O. The SMILES string of the molecule is CC(C)(C)c1ccc(C(=O)N2C[C@@H](CN)[C@H](c3ccccc3)C2)cc1. The highest BCUT2D eigenvalue weighted by atomic mass is 16.2. The van der Waals surface area contributed by atoms with Crippen molar-refractivity contribution in [2.45, 2.75) is 32.1 Å². The number of nitrogens with zero attached hydrogens (tertiary/aromatic N) is 1. The van der Waals surface area contributed by atoms with E-state index < -0.39 is 0 Å². The van der Waals surface area contributed by atoms with Crippen molar-refractivity contribution in [1.82, 2.24) is 4.90 Å². The van der Waals surface area contributed by atoms with Crippen LogP contribution in [0, 0.1) is 5.92 Å². The van der Waals surface area contributed by atoms with E-state index in [1.807, 2.05) is 23.1 Å². The van der Waals surface area contributed by atoms with Crippen molar-refractivity contribution < 1.29 is 4.79 Å². The monoisotopic (exact) mass is 336 g/mol. The summed E-state index contributed by atoms with van der Waals surface area (Å²) >= 11 is 0. The molecule has 25 heavy (non-hydrogen) atoms. The molecule has 1 aliphatic rings. The highest BCUT2D eigenvalue weighted by Crippen LogP contribution is 2.33. The Labute approximate surface area is 150 Å². The van der Waals surface area contributed by atoms with Crippen molar-refractivity contribution in [3.05, 3.63) is 71.3 Å². The van der Waals surface area contributed by atoms with Crippen molar-refractivity contribution >= 4 is 5.91 Å². The molecular weight excluding hydrogens is 308 g/mol. The molecule has 3 nitrogen and oxygen atoms in total. The molecule has 0 bridgehead atoms. The topological polar surface area (TPSA) is 46.3 Å². The molecule has 3 rings (SSSR count). The molecule has 1 fully saturated rings. The van der Waals surface area contributed by atoms with Crippen LogP contribution < -0.4 is 5.73 Å². The lowest BCUT2D eigenvalue weighted by Gasteiger charge is -2.20. The number of rotatable bonds is 3. The highest BCUT2D eigenvalue weighted by Gasteiger charge is 2.35. The molecule has 0 spiro atoms. The van der Waals surface area contributed by atoms with Crippen LogP contribution in [0.15, 0.2) is 54.6 Å². The summed E-state index contributed by atoms with van der Waals surface area (Å²) in [6.07, 6.45) is 0. The van der Waals surface area contributed by atoms with E-state index in [9.17, 15) is 4.79 Å². The minimum atomic E-state index is 0.0955. The summed E-state index contributed by atoms with van der Waals surface area (Å²) in [5.74, 6) is 0.751. The number of amides is 1. The van der Waals surface area contributed by atoms with Gasteiger partial charge in [-0.25, -0.2) is 0 Å². The van der Waals surface area contributed by atoms with Gasteiger partial charge in [0.1, 0.15) is 0 Å². The van der Waals surface area contributed by atoms with Gasteiger partial charge in [0.15, 0.2) is 0 Å². The lowest BCUT2D eigenvalue weighted by molar-refractivity contribution is 0.0786. The maximum absolute atomic E-state index is 12.9. The summed E-state index contributed by atoms with van der Waals surface area (Å²) < 4.78 is 0. The summed E-state index contributed by atoms with van der Waals surface area (Å²) in [4.78, 5) is 14.9. The van der Waals surface area contributed by atoms with Crippen molar-refractivity contribution in [3.63, 3.8) is 0 Å². The van der Waals surface area contributed by atoms with Gasteiger partial charge in [0.2, 0.25) is 0 Å². The van der Waals surface area contributed by atoms with Gasteiger partial charge >= 0.3 is 0 Å². The number of likely N-dealkylation sites (tertiary alicyclic amines) is 1. The zero-order chi connectivity index (χ0) is 18.0. The summed E-state index contributed by atoms with van der Waals surface area (Å²) in [6.45, 7) is 8.62. The third kappa shape index (κ3) is 3.77. The molecule has 132 valence electrons. The molecule has 3 heteroatoms. The Kier molecular flexibility index (Phi) is 4.96. The Bertz CT molecular complexity index is 716. The quantitative estimate of drug-likeness (QED) is 0.927. The minimum absolute atomic E-state index is 0.0955. The van der Waals surface area contributed by atoms with Gasteiger partial charge in [-0.3, -0.25) is 4.79 Å². The van der Waals surface area contributed by atoms with E-state index in [4.69, 9.17) is 5.73 Å². The van der Waals surface area contributed by atoms with E-state index >= 15 is 0 Å². The zero-order valence-corrected chi connectivity index (χ0v) is 15.4. The molecule has 0 unspecified atom stereocenters. The van der Waals surface area contributed by atoms with Crippen LogP contribution >= 0.6 is 0 Å². The van der Waals surface area contributed by atoms with Crippen LogP contribution in [0.1, 0.15) is 48.2 Å². The fourth-order valence-corrected chi connectivity index (χ4v) is 3.65. The molecule has 0 aromatic heterocycles. The van der Waals surface area contributed by atoms with Gasteiger partial charge < -0.3 is 10.6 Å². The van der Waals surface area contributed by atoms with Gasteiger partial charge in [0.05, 0.1) is 0 Å². The summed E-state index contributed by atoms with van der Waals surface area (Å²) in [5.41, 5.74) is 9.37. The predicted octanol–water partition coefficient (Wildman–Crippen LogP) is 3.80. The van der Waals surface area contributed by atoms with Crippen LogP contribution in [0.4, 0.5) is 0 Å². The Morgan fingerprint density at radius 1 is 1.04 bits per heavy atom. The van der Waals surface area contributed by atoms with Crippen LogP contribution in [0.25, 0.3) is 0 Å². The lowest BCUT2D eigenvalue weighted by atomic mass is 9.86. The maximum Gasteiger partial charge on any atom is 0.253 e. The van der Waals surface area contributed by atoms with Crippen molar-refractivity contribution in [3.8, 4) is 0 Å². The number of carbonyl (C=O) groups is 1. The normalized spacial score (nSPS) is 20.7. The summed E-state index contributed by atoms with van der Waals surface area (Å²) in [6, 6.07) is 18.5. The first kappa shape index (κ1) is 17.7. The van der Waals surface area contributed by atoms with Crippen LogP contribution in [-0.2, 0) is 5.41 Å². The van der Waals surface area contributed by atoms with E-state index in [1.54, 1.807) is 0 Å². The van der Waals surface area contributed by atoms with Crippen LogP contribution in [0.2, 0.25) is 0 Å². The first-order valence-electron chi connectivity index (χ1n) is 9.05. The molecule has 1 aliphatic heterocycles. The second-order valence-electron chi connectivity index (χ2n) is 8.05. The van der Waals surface area contributed by atoms with Crippen molar-refractivity contribution in [2.75, 3.05) is 19.6 Å². The van der Waals surface area contributed by atoms with E-state index in [0.29, 0.717) is 18.4 Å². The standard InChI is InChI=1S/C22H28N2O/c1-22(2,3)19-11-9-17(10-12-19)21(25)24-14-18(13-23)20(15-24)16-7-5-4-6-8-16/h4-12,18,20H,13-15,23H2,1-3H3/t18-,20+/m1/s1. The third-order valence-corrected chi connectivity index (χ3v) is 5.26. The Hall–Kier alpha value is -2.13. The first-order chi connectivity index (χ1) is 11.9. The van der Waals surface area contributed by atoms with Gasteiger partial charge in [-0.15, -0.1) is 0 Å². The van der Waals surface area contributed by atoms with Crippen molar-refractivity contribution in [1.29, 1.82) is 0 Å². The molecule has 0 aliphatic carbocycles. The molecule has 2 atom stereocenters. The molecule has 2 N–H and O–H groups in total. The molecule has 0 radical (unpaired) electrons. The summed E-state index contributed by atoms with van der Waals surface area (Å²) in [5, 5.41) is 0. The Morgan fingerprint density at radius 3 is 2.24 bits per heavy atom. The number of nitrogens with two attached hydrogens (primary N) is 1. The lowest BCUT2D eigenvalue weighted by Crippen LogP contribution is -2.29. The number of carbonyl (C=O) groups excluding carboxylic acids is 1. The molecule has 2 aromatic rings. The molecule has 0 saturated carbocycles. The molecule has 1 saturated heterocycles. The van der Waals surface area contributed by atoms with Crippen LogP contribution in [0.5, 0.6) is 0 Å². The highest BCUT2D eigenvalue weighted by molar-refractivity contribution is 5.94. The van der Waals surface area contributed by atoms with Crippen LogP contribution in [0.3, 0.4) is 0 Å². The summed E-state index contributed by atoms with van der Waals surface area (Å²) in [7, 11) is 0. The number of benzene rings is 2. The second-order valence-corrected chi connectivity index (χ2v) is 8.05. The van der Waals surface area contributed by atoms with E-state index in [1.165, 1.54) is 11.1 Å². The van der Waals surface area contributed by atoms with Crippen molar-refractivity contribution in [2.24, 2.45) is 11.7 Å². The zero-order valence-electron chi connectivity index (χ0n) is 15.4. The Balaban J connectivity index is 1.77. The molecule has 2 aromatic carbocycles. The number of hydrogen-bond acceptors (Lipinski definition) is 2. The predicted molar refractivity (Wildman–Crippen MR) is 103 cm³/mol. The first-order valence-corrected chi connectivity index (χ1v) is 9.05. The average Bonchev–Trinajstić information content (AvgIpc) is 3.05. The largest absolute Gasteiger partial charge is 0.338 e. The third-order valence-electron chi connectivity index (χ3n) is 5.26. The van der Waals surface area contributed by atoms with E-state index in [-0.39, 0.29) is 11.3 Å². The molecule has 1 amide bonds. The van der Waals surface area contributed by atoms with Gasteiger partial charge in [0.25, 0.3) is 5.91 Å². The average molecular weight is 336 g/mol. The van der Waals surface area contributed by atoms with E-state index in [0.717, 1.165) is 18.7 Å². The van der Waals surface area contributed by atoms with Gasteiger partial charge in [0, 0.05) is 24.6 Å². The van der Waals surface area contributed by atoms with Crippen LogP contribution in [-0.4, -0.2) is 30.4 Å².